The summed E-state index contributed by atoms with van der Waals surface area (Å²) in [4.78, 5) is 27.4. The zero-order valence-corrected chi connectivity index (χ0v) is 12.2. The number of amides is 2. The van der Waals surface area contributed by atoms with Crippen molar-refractivity contribution < 1.29 is 14.0 Å². The lowest BCUT2D eigenvalue weighted by atomic mass is 10.3. The van der Waals surface area contributed by atoms with Crippen LogP contribution in [0.5, 0.6) is 0 Å². The molecule has 1 aliphatic rings. The molecule has 1 saturated heterocycles. The van der Waals surface area contributed by atoms with Crippen LogP contribution in [-0.4, -0.2) is 60.9 Å². The minimum atomic E-state index is -0.0240. The highest BCUT2D eigenvalue weighted by Gasteiger charge is 2.20. The van der Waals surface area contributed by atoms with E-state index in [1.165, 1.54) is 6.08 Å². The van der Waals surface area contributed by atoms with Crippen LogP contribution in [0.2, 0.25) is 0 Å². The van der Waals surface area contributed by atoms with Crippen LogP contribution >= 0.6 is 0 Å². The molecule has 0 bridgehead atoms. The molecule has 6 nitrogen and oxygen atoms in total. The van der Waals surface area contributed by atoms with Crippen molar-refractivity contribution in [1.82, 2.24) is 15.1 Å². The van der Waals surface area contributed by atoms with Crippen molar-refractivity contribution in [3.05, 3.63) is 30.2 Å². The topological polar surface area (TPSA) is 65.8 Å². The normalized spacial score (nSPS) is 16.3. The molecule has 0 radical (unpaired) electrons. The Morgan fingerprint density at radius 2 is 2.10 bits per heavy atom. The number of hydrogen-bond donors (Lipinski definition) is 1. The Labute approximate surface area is 124 Å². The fourth-order valence-corrected chi connectivity index (χ4v) is 2.23. The first-order valence-electron chi connectivity index (χ1n) is 7.18. The molecule has 1 aliphatic heterocycles. The number of hydrogen-bond acceptors (Lipinski definition) is 4. The van der Waals surface area contributed by atoms with Gasteiger partial charge in [0.2, 0.25) is 11.8 Å². The van der Waals surface area contributed by atoms with Crippen LogP contribution < -0.4 is 5.32 Å². The zero-order valence-electron chi connectivity index (χ0n) is 12.2. The molecule has 0 saturated carbocycles. The van der Waals surface area contributed by atoms with Crippen molar-refractivity contribution in [3.8, 4) is 0 Å². The van der Waals surface area contributed by atoms with Crippen LogP contribution in [0.1, 0.15) is 12.7 Å². The van der Waals surface area contributed by atoms with Crippen LogP contribution in [0.3, 0.4) is 0 Å². The Balaban J connectivity index is 1.75. The summed E-state index contributed by atoms with van der Waals surface area (Å²) in [5, 5.41) is 2.78. The van der Waals surface area contributed by atoms with Gasteiger partial charge in [-0.2, -0.15) is 0 Å². The number of furan rings is 1. The van der Waals surface area contributed by atoms with Crippen molar-refractivity contribution in [1.29, 1.82) is 0 Å². The highest BCUT2D eigenvalue weighted by Crippen LogP contribution is 2.06. The first-order valence-corrected chi connectivity index (χ1v) is 7.18. The predicted molar refractivity (Wildman–Crippen MR) is 79.4 cm³/mol. The Morgan fingerprint density at radius 3 is 2.71 bits per heavy atom. The minimum absolute atomic E-state index is 0.0240. The van der Waals surface area contributed by atoms with Crippen molar-refractivity contribution in [2.45, 2.75) is 6.92 Å². The number of nitrogens with one attached hydrogen (secondary N) is 1. The van der Waals surface area contributed by atoms with E-state index in [2.05, 4.69) is 10.2 Å². The average Bonchev–Trinajstić information content (AvgIpc) is 2.99. The third-order valence-electron chi connectivity index (χ3n) is 3.36. The molecule has 114 valence electrons. The number of likely N-dealkylation sites (N-methyl/N-ethyl adjacent to an activating group) is 1. The van der Waals surface area contributed by atoms with Crippen LogP contribution in [0.4, 0.5) is 0 Å². The largest absolute Gasteiger partial charge is 0.465 e. The molecule has 1 aromatic heterocycles. The Kier molecular flexibility index (Phi) is 5.57. The van der Waals surface area contributed by atoms with Crippen molar-refractivity contribution >= 4 is 17.9 Å². The lowest BCUT2D eigenvalue weighted by Gasteiger charge is -2.33. The van der Waals surface area contributed by atoms with E-state index in [1.54, 1.807) is 29.4 Å². The molecule has 2 amide bonds. The van der Waals surface area contributed by atoms with Gasteiger partial charge in [0, 0.05) is 38.8 Å². The summed E-state index contributed by atoms with van der Waals surface area (Å²) in [7, 11) is 0. The highest BCUT2D eigenvalue weighted by atomic mass is 16.3. The number of carbonyl (C=O) groups excluding carboxylic acids is 2. The molecular formula is C15H21N3O3. The maximum atomic E-state index is 12.0. The molecule has 0 aromatic carbocycles. The van der Waals surface area contributed by atoms with Crippen LogP contribution in [0, 0.1) is 0 Å². The third-order valence-corrected chi connectivity index (χ3v) is 3.36. The van der Waals surface area contributed by atoms with Gasteiger partial charge in [-0.3, -0.25) is 14.5 Å². The van der Waals surface area contributed by atoms with Gasteiger partial charge in [-0.1, -0.05) is 0 Å². The Bertz CT molecular complexity index is 488. The van der Waals surface area contributed by atoms with Crippen LogP contribution in [0.25, 0.3) is 6.08 Å². The van der Waals surface area contributed by atoms with Gasteiger partial charge in [0.15, 0.2) is 0 Å². The maximum absolute atomic E-state index is 12.0. The van der Waals surface area contributed by atoms with Crippen molar-refractivity contribution in [2.24, 2.45) is 0 Å². The molecule has 6 heteroatoms. The van der Waals surface area contributed by atoms with E-state index in [0.29, 0.717) is 31.9 Å². The van der Waals surface area contributed by atoms with E-state index in [0.717, 1.165) is 13.1 Å². The van der Waals surface area contributed by atoms with E-state index < -0.39 is 0 Å². The Morgan fingerprint density at radius 1 is 1.33 bits per heavy atom. The zero-order chi connectivity index (χ0) is 15.1. The summed E-state index contributed by atoms with van der Waals surface area (Å²) in [6, 6.07) is 3.58. The molecular weight excluding hydrogens is 270 g/mol. The van der Waals surface area contributed by atoms with E-state index in [1.807, 2.05) is 6.92 Å². The molecule has 1 aromatic rings. The smallest absolute Gasteiger partial charge is 0.246 e. The van der Waals surface area contributed by atoms with Crippen molar-refractivity contribution in [3.63, 3.8) is 0 Å². The van der Waals surface area contributed by atoms with Crippen molar-refractivity contribution in [2.75, 3.05) is 39.3 Å². The average molecular weight is 291 g/mol. The van der Waals surface area contributed by atoms with Crippen LogP contribution in [0.15, 0.2) is 28.9 Å². The predicted octanol–water partition coefficient (Wildman–Crippen LogP) is 0.573. The SMILES string of the molecule is CCNC(=O)CN1CCN(C(=O)/C=C/c2ccco2)CC1. The number of rotatable bonds is 5. The fourth-order valence-electron chi connectivity index (χ4n) is 2.23. The van der Waals surface area contributed by atoms with Gasteiger partial charge in [-0.25, -0.2) is 0 Å². The second-order valence-electron chi connectivity index (χ2n) is 4.90. The quantitative estimate of drug-likeness (QED) is 0.806. The highest BCUT2D eigenvalue weighted by molar-refractivity contribution is 5.91. The fraction of sp³-hybridized carbons (Fsp3) is 0.467. The van der Waals surface area contributed by atoms with Gasteiger partial charge in [0.25, 0.3) is 0 Å². The molecule has 0 atom stereocenters. The van der Waals surface area contributed by atoms with Gasteiger partial charge in [-0.05, 0) is 25.1 Å². The van der Waals surface area contributed by atoms with Gasteiger partial charge < -0.3 is 14.6 Å². The molecule has 2 rings (SSSR count). The standard InChI is InChI=1S/C15H21N3O3/c1-2-16-14(19)12-17-7-9-18(10-8-17)15(20)6-5-13-4-3-11-21-13/h3-6,11H,2,7-10,12H2,1H3,(H,16,19)/b6-5+. The van der Waals surface area contributed by atoms with E-state index in [9.17, 15) is 9.59 Å². The van der Waals surface area contributed by atoms with E-state index >= 15 is 0 Å². The maximum Gasteiger partial charge on any atom is 0.246 e. The lowest BCUT2D eigenvalue weighted by molar-refractivity contribution is -0.128. The number of nitrogens with zero attached hydrogens (tertiary/aromatic N) is 2. The van der Waals surface area contributed by atoms with Gasteiger partial charge >= 0.3 is 0 Å². The minimum Gasteiger partial charge on any atom is -0.465 e. The molecule has 1 fully saturated rings. The van der Waals surface area contributed by atoms with Gasteiger partial charge in [0.05, 0.1) is 12.8 Å². The monoisotopic (exact) mass is 291 g/mol. The second kappa shape index (κ2) is 7.64. The molecule has 0 aliphatic carbocycles. The molecule has 1 N–H and O–H groups in total. The number of piperazine rings is 1. The summed E-state index contributed by atoms with van der Waals surface area (Å²) < 4.78 is 5.14. The first kappa shape index (κ1) is 15.3. The molecule has 0 spiro atoms. The van der Waals surface area contributed by atoms with E-state index in [-0.39, 0.29) is 11.8 Å². The first-order chi connectivity index (χ1) is 10.2. The number of carbonyl (C=O) groups is 2. The summed E-state index contributed by atoms with van der Waals surface area (Å²) >= 11 is 0. The molecule has 2 heterocycles. The van der Waals surface area contributed by atoms with Gasteiger partial charge in [-0.15, -0.1) is 0 Å². The molecule has 0 unspecified atom stereocenters. The second-order valence-corrected chi connectivity index (χ2v) is 4.90. The lowest BCUT2D eigenvalue weighted by Crippen LogP contribution is -2.50. The van der Waals surface area contributed by atoms with Crippen LogP contribution in [-0.2, 0) is 9.59 Å². The summed E-state index contributed by atoms with van der Waals surface area (Å²) in [6.07, 6.45) is 4.77. The molecule has 21 heavy (non-hydrogen) atoms. The van der Waals surface area contributed by atoms with E-state index in [4.69, 9.17) is 4.42 Å². The summed E-state index contributed by atoms with van der Waals surface area (Å²) in [5.41, 5.74) is 0. The summed E-state index contributed by atoms with van der Waals surface area (Å²) in [5.74, 6) is 0.678. The summed E-state index contributed by atoms with van der Waals surface area (Å²) in [6.45, 7) is 5.67. The Hall–Kier alpha value is -2.08. The van der Waals surface area contributed by atoms with Gasteiger partial charge in [0.1, 0.15) is 5.76 Å². The third kappa shape index (κ3) is 4.75.